The summed E-state index contributed by atoms with van der Waals surface area (Å²) >= 11 is 0. The Bertz CT molecular complexity index is 608. The summed E-state index contributed by atoms with van der Waals surface area (Å²) in [4.78, 5) is 34.1. The van der Waals surface area contributed by atoms with Crippen LogP contribution in [0.2, 0.25) is 0 Å². The Morgan fingerprint density at radius 3 is 2.38 bits per heavy atom. The molecule has 0 aliphatic carbocycles. The normalized spacial score (nSPS) is 18.7. The Labute approximate surface area is 154 Å². The van der Waals surface area contributed by atoms with Crippen LogP contribution in [-0.2, 0) is 9.53 Å². The second-order valence-electron chi connectivity index (χ2n) is 6.61. The maximum atomic E-state index is 12.5. The largest absolute Gasteiger partial charge is 0.383 e. The predicted octanol–water partition coefficient (Wildman–Crippen LogP) is 0.130. The number of amides is 2. The highest BCUT2D eigenvalue weighted by atomic mass is 16.5. The van der Waals surface area contributed by atoms with Gasteiger partial charge in [-0.1, -0.05) is 0 Å². The van der Waals surface area contributed by atoms with Gasteiger partial charge in [0.2, 0.25) is 5.91 Å². The van der Waals surface area contributed by atoms with Crippen LogP contribution in [0.15, 0.2) is 18.3 Å². The van der Waals surface area contributed by atoms with E-state index in [4.69, 9.17) is 4.74 Å². The van der Waals surface area contributed by atoms with Gasteiger partial charge in [0, 0.05) is 59.3 Å². The molecular formula is C18H27N5O3. The summed E-state index contributed by atoms with van der Waals surface area (Å²) in [6.07, 6.45) is 1.71. The van der Waals surface area contributed by atoms with Crippen LogP contribution in [0.3, 0.4) is 0 Å². The molecule has 2 amide bonds. The summed E-state index contributed by atoms with van der Waals surface area (Å²) in [7, 11) is 0. The number of nitrogens with one attached hydrogen (secondary N) is 1. The monoisotopic (exact) mass is 361 g/mol. The Morgan fingerprint density at radius 1 is 1.08 bits per heavy atom. The smallest absolute Gasteiger partial charge is 0.272 e. The molecule has 1 N–H and O–H groups in total. The van der Waals surface area contributed by atoms with Crippen LogP contribution in [0.5, 0.6) is 0 Å². The minimum absolute atomic E-state index is 0.0581. The van der Waals surface area contributed by atoms with Crippen molar-refractivity contribution in [3.8, 4) is 0 Å². The van der Waals surface area contributed by atoms with Gasteiger partial charge in [0.15, 0.2) is 0 Å². The number of hydrogen-bond acceptors (Lipinski definition) is 6. The number of anilines is 1. The molecule has 0 radical (unpaired) electrons. The number of carbonyl (C=O) groups excluding carboxylic acids is 2. The Hall–Kier alpha value is -2.19. The van der Waals surface area contributed by atoms with Crippen LogP contribution in [0.1, 0.15) is 17.4 Å². The molecule has 0 spiro atoms. The van der Waals surface area contributed by atoms with E-state index in [1.54, 1.807) is 29.0 Å². The lowest BCUT2D eigenvalue weighted by atomic mass is 10.2. The Morgan fingerprint density at radius 2 is 1.77 bits per heavy atom. The van der Waals surface area contributed by atoms with Crippen molar-refractivity contribution in [3.63, 3.8) is 0 Å². The quantitative estimate of drug-likeness (QED) is 0.803. The average molecular weight is 361 g/mol. The zero-order valence-electron chi connectivity index (χ0n) is 15.3. The number of carbonyl (C=O) groups is 2. The van der Waals surface area contributed by atoms with Gasteiger partial charge in [0.25, 0.3) is 5.91 Å². The lowest BCUT2D eigenvalue weighted by Gasteiger charge is -2.34. The summed E-state index contributed by atoms with van der Waals surface area (Å²) in [5.74, 6) is -0.0178. The fourth-order valence-corrected chi connectivity index (χ4v) is 3.19. The molecule has 8 nitrogen and oxygen atoms in total. The van der Waals surface area contributed by atoms with Crippen molar-refractivity contribution in [1.29, 1.82) is 0 Å². The summed E-state index contributed by atoms with van der Waals surface area (Å²) in [5.41, 5.74) is 1.36. The molecule has 2 aliphatic heterocycles. The number of hydrogen-bond donors (Lipinski definition) is 1. The van der Waals surface area contributed by atoms with Gasteiger partial charge in [-0.3, -0.25) is 14.5 Å². The first-order chi connectivity index (χ1) is 12.6. The van der Waals surface area contributed by atoms with E-state index in [9.17, 15) is 9.59 Å². The first-order valence-electron chi connectivity index (χ1n) is 9.18. The van der Waals surface area contributed by atoms with Crippen LogP contribution in [-0.4, -0.2) is 97.1 Å². The van der Waals surface area contributed by atoms with Crippen molar-refractivity contribution in [3.05, 3.63) is 24.0 Å². The SMILES string of the molecule is CC(=O)N1CCN(C(=O)c2ccc(NCCN3CCOCC3)cn2)CC1. The zero-order chi connectivity index (χ0) is 18.4. The van der Waals surface area contributed by atoms with E-state index in [0.717, 1.165) is 45.1 Å². The van der Waals surface area contributed by atoms with E-state index in [1.807, 2.05) is 6.07 Å². The van der Waals surface area contributed by atoms with Crippen LogP contribution in [0.4, 0.5) is 5.69 Å². The van der Waals surface area contributed by atoms with E-state index < -0.39 is 0 Å². The fraction of sp³-hybridized carbons (Fsp3) is 0.611. The molecule has 0 atom stereocenters. The minimum atomic E-state index is -0.0759. The van der Waals surface area contributed by atoms with E-state index in [1.165, 1.54) is 0 Å². The van der Waals surface area contributed by atoms with Crippen molar-refractivity contribution >= 4 is 17.5 Å². The van der Waals surface area contributed by atoms with E-state index in [0.29, 0.717) is 31.9 Å². The molecule has 26 heavy (non-hydrogen) atoms. The molecule has 3 heterocycles. The van der Waals surface area contributed by atoms with Crippen molar-refractivity contribution < 1.29 is 14.3 Å². The lowest BCUT2D eigenvalue weighted by Crippen LogP contribution is -2.50. The third kappa shape index (κ3) is 4.92. The van der Waals surface area contributed by atoms with Crippen LogP contribution < -0.4 is 5.32 Å². The summed E-state index contributed by atoms with van der Waals surface area (Å²) in [5, 5.41) is 3.34. The van der Waals surface area contributed by atoms with Gasteiger partial charge in [-0.15, -0.1) is 0 Å². The third-order valence-corrected chi connectivity index (χ3v) is 4.86. The van der Waals surface area contributed by atoms with Crippen LogP contribution in [0.25, 0.3) is 0 Å². The number of ether oxygens (including phenoxy) is 1. The van der Waals surface area contributed by atoms with E-state index >= 15 is 0 Å². The highest BCUT2D eigenvalue weighted by Crippen LogP contribution is 2.11. The molecule has 0 bridgehead atoms. The van der Waals surface area contributed by atoms with Crippen LogP contribution >= 0.6 is 0 Å². The number of rotatable bonds is 5. The summed E-state index contributed by atoms with van der Waals surface area (Å²) in [6, 6.07) is 3.65. The fourth-order valence-electron chi connectivity index (χ4n) is 3.19. The molecule has 142 valence electrons. The number of aromatic nitrogens is 1. The van der Waals surface area contributed by atoms with Crippen molar-refractivity contribution in [2.24, 2.45) is 0 Å². The van der Waals surface area contributed by atoms with Crippen molar-refractivity contribution in [2.45, 2.75) is 6.92 Å². The molecule has 0 unspecified atom stereocenters. The third-order valence-electron chi connectivity index (χ3n) is 4.86. The van der Waals surface area contributed by atoms with Gasteiger partial charge in [0.1, 0.15) is 5.69 Å². The molecule has 0 saturated carbocycles. The van der Waals surface area contributed by atoms with Gasteiger partial charge in [-0.25, -0.2) is 4.98 Å². The standard InChI is InChI=1S/C18H27N5O3/c1-15(24)22-6-8-23(9-7-22)18(25)17-3-2-16(14-20-17)19-4-5-21-10-12-26-13-11-21/h2-3,14,19H,4-13H2,1H3. The average Bonchev–Trinajstić information content (AvgIpc) is 2.69. The molecule has 2 saturated heterocycles. The number of morpholine rings is 1. The topological polar surface area (TPSA) is 78.0 Å². The molecule has 1 aromatic rings. The number of piperazine rings is 1. The maximum Gasteiger partial charge on any atom is 0.272 e. The first kappa shape index (κ1) is 18.6. The maximum absolute atomic E-state index is 12.5. The van der Waals surface area contributed by atoms with Gasteiger partial charge in [0.05, 0.1) is 25.1 Å². The number of nitrogens with zero attached hydrogens (tertiary/aromatic N) is 4. The number of pyridine rings is 1. The van der Waals surface area contributed by atoms with Crippen LogP contribution in [0, 0.1) is 0 Å². The molecule has 2 fully saturated rings. The van der Waals surface area contributed by atoms with Crippen molar-refractivity contribution in [1.82, 2.24) is 19.7 Å². The lowest BCUT2D eigenvalue weighted by molar-refractivity contribution is -0.130. The molecule has 1 aromatic heterocycles. The molecule has 2 aliphatic rings. The molecular weight excluding hydrogens is 334 g/mol. The predicted molar refractivity (Wildman–Crippen MR) is 98.1 cm³/mol. The summed E-state index contributed by atoms with van der Waals surface area (Å²) in [6.45, 7) is 9.20. The van der Waals surface area contributed by atoms with E-state index in [2.05, 4.69) is 15.2 Å². The van der Waals surface area contributed by atoms with Crippen molar-refractivity contribution in [2.75, 3.05) is 70.9 Å². The second kappa shape index (κ2) is 8.95. The van der Waals surface area contributed by atoms with Gasteiger partial charge >= 0.3 is 0 Å². The highest BCUT2D eigenvalue weighted by Gasteiger charge is 2.23. The van der Waals surface area contributed by atoms with Gasteiger partial charge in [-0.2, -0.15) is 0 Å². The molecule has 8 heteroatoms. The van der Waals surface area contributed by atoms with Gasteiger partial charge in [-0.05, 0) is 12.1 Å². The Kier molecular flexibility index (Phi) is 6.40. The molecule has 3 rings (SSSR count). The minimum Gasteiger partial charge on any atom is -0.383 e. The second-order valence-corrected chi connectivity index (χ2v) is 6.61. The Balaban J connectivity index is 1.44. The first-order valence-corrected chi connectivity index (χ1v) is 9.18. The molecule has 0 aromatic carbocycles. The zero-order valence-corrected chi connectivity index (χ0v) is 15.3. The van der Waals surface area contributed by atoms with Gasteiger partial charge < -0.3 is 19.9 Å². The van der Waals surface area contributed by atoms with E-state index in [-0.39, 0.29) is 11.8 Å². The summed E-state index contributed by atoms with van der Waals surface area (Å²) < 4.78 is 5.34. The highest BCUT2D eigenvalue weighted by molar-refractivity contribution is 5.92.